The monoisotopic (exact) mass is 379 g/mol. The highest BCUT2D eigenvalue weighted by Crippen LogP contribution is 2.41. The first-order valence-electron chi connectivity index (χ1n) is 10.3. The van der Waals surface area contributed by atoms with Crippen molar-refractivity contribution in [3.63, 3.8) is 0 Å². The van der Waals surface area contributed by atoms with Gasteiger partial charge in [0.05, 0.1) is 5.69 Å². The van der Waals surface area contributed by atoms with Crippen LogP contribution in [0.1, 0.15) is 17.7 Å². The van der Waals surface area contributed by atoms with Crippen LogP contribution >= 0.6 is 0 Å². The third-order valence-corrected chi connectivity index (χ3v) is 5.70. The second kappa shape index (κ2) is 7.59. The van der Waals surface area contributed by atoms with Gasteiger partial charge in [0, 0.05) is 25.2 Å². The Morgan fingerprint density at radius 3 is 2.17 bits per heavy atom. The molecule has 0 spiro atoms. The number of aromatic nitrogens is 2. The molecule has 0 bridgehead atoms. The van der Waals surface area contributed by atoms with Crippen LogP contribution in [0.4, 0.5) is 5.82 Å². The molecule has 4 aromatic rings. The van der Waals surface area contributed by atoms with E-state index in [1.807, 2.05) is 0 Å². The second-order valence-corrected chi connectivity index (χ2v) is 7.68. The molecule has 0 fully saturated rings. The van der Waals surface area contributed by atoms with Crippen molar-refractivity contribution < 1.29 is 0 Å². The molecule has 0 N–H and O–H groups in total. The van der Waals surface area contributed by atoms with Gasteiger partial charge in [-0.2, -0.15) is 5.10 Å². The third-order valence-electron chi connectivity index (χ3n) is 5.70. The van der Waals surface area contributed by atoms with Crippen molar-refractivity contribution in [3.8, 4) is 22.3 Å². The molecule has 0 aliphatic carbocycles. The van der Waals surface area contributed by atoms with Gasteiger partial charge in [-0.25, -0.2) is 4.68 Å². The van der Waals surface area contributed by atoms with Crippen LogP contribution in [0.3, 0.4) is 0 Å². The van der Waals surface area contributed by atoms with E-state index >= 15 is 0 Å². The summed E-state index contributed by atoms with van der Waals surface area (Å²) in [6, 6.07) is 30.1. The highest BCUT2D eigenvalue weighted by atomic mass is 15.4. The maximum absolute atomic E-state index is 4.93. The summed E-state index contributed by atoms with van der Waals surface area (Å²) in [5, 5.41) is 4.93. The fraction of sp³-hybridized carbons (Fsp3) is 0.192. The number of aryl methyl sites for hydroxylation is 2. The molecule has 144 valence electrons. The number of benzene rings is 3. The summed E-state index contributed by atoms with van der Waals surface area (Å²) in [7, 11) is 0. The molecular weight excluding hydrogens is 354 g/mol. The average molecular weight is 380 g/mol. The minimum atomic E-state index is 0.909. The SMILES string of the molecule is Cc1nn2c(c1-c1ccccc1-c1ccccc1)N(Cc1ccccc1)CCC2. The number of hydrogen-bond acceptors (Lipinski definition) is 2. The van der Waals surface area contributed by atoms with E-state index in [1.165, 1.54) is 33.6 Å². The van der Waals surface area contributed by atoms with Gasteiger partial charge < -0.3 is 4.90 Å². The fourth-order valence-electron chi connectivity index (χ4n) is 4.41. The quantitative estimate of drug-likeness (QED) is 0.438. The van der Waals surface area contributed by atoms with Crippen molar-refractivity contribution in [2.75, 3.05) is 11.4 Å². The molecule has 1 aliphatic rings. The molecule has 3 heteroatoms. The highest BCUT2D eigenvalue weighted by Gasteiger charge is 2.26. The largest absolute Gasteiger partial charge is 0.352 e. The topological polar surface area (TPSA) is 21.1 Å². The van der Waals surface area contributed by atoms with Crippen LogP contribution in [0.25, 0.3) is 22.3 Å². The van der Waals surface area contributed by atoms with Gasteiger partial charge in [-0.1, -0.05) is 84.9 Å². The highest BCUT2D eigenvalue weighted by molar-refractivity contribution is 5.90. The van der Waals surface area contributed by atoms with Crippen LogP contribution in [0.15, 0.2) is 84.9 Å². The lowest BCUT2D eigenvalue weighted by atomic mass is 9.94. The van der Waals surface area contributed by atoms with Gasteiger partial charge in [0.1, 0.15) is 5.82 Å². The zero-order chi connectivity index (χ0) is 19.6. The van der Waals surface area contributed by atoms with E-state index in [2.05, 4.69) is 101 Å². The molecular formula is C26H25N3. The zero-order valence-electron chi connectivity index (χ0n) is 16.8. The lowest BCUT2D eigenvalue weighted by Gasteiger charge is -2.31. The van der Waals surface area contributed by atoms with Crippen molar-refractivity contribution in [2.45, 2.75) is 26.4 Å². The molecule has 0 radical (unpaired) electrons. The molecule has 3 nitrogen and oxygen atoms in total. The lowest BCUT2D eigenvalue weighted by Crippen LogP contribution is -2.32. The zero-order valence-corrected chi connectivity index (χ0v) is 16.8. The van der Waals surface area contributed by atoms with E-state index in [1.54, 1.807) is 0 Å². The van der Waals surface area contributed by atoms with Crippen LogP contribution < -0.4 is 4.90 Å². The van der Waals surface area contributed by atoms with Crippen molar-refractivity contribution in [2.24, 2.45) is 0 Å². The molecule has 0 saturated heterocycles. The van der Waals surface area contributed by atoms with Crippen molar-refractivity contribution in [1.82, 2.24) is 9.78 Å². The molecule has 1 aromatic heterocycles. The summed E-state index contributed by atoms with van der Waals surface area (Å²) in [6.07, 6.45) is 1.13. The fourth-order valence-corrected chi connectivity index (χ4v) is 4.41. The Morgan fingerprint density at radius 1 is 0.759 bits per heavy atom. The summed E-state index contributed by atoms with van der Waals surface area (Å²) in [5.41, 5.74) is 7.47. The van der Waals surface area contributed by atoms with Gasteiger partial charge in [0.25, 0.3) is 0 Å². The predicted molar refractivity (Wildman–Crippen MR) is 120 cm³/mol. The molecule has 0 amide bonds. The first-order chi connectivity index (χ1) is 14.3. The van der Waals surface area contributed by atoms with Crippen molar-refractivity contribution in [3.05, 3.63) is 96.2 Å². The molecule has 5 rings (SSSR count). The maximum Gasteiger partial charge on any atom is 0.135 e. The van der Waals surface area contributed by atoms with Crippen molar-refractivity contribution >= 4 is 5.82 Å². The normalized spacial score (nSPS) is 13.3. The summed E-state index contributed by atoms with van der Waals surface area (Å²) in [5.74, 6) is 1.25. The lowest BCUT2D eigenvalue weighted by molar-refractivity contribution is 0.514. The molecule has 0 unspecified atom stereocenters. The summed E-state index contributed by atoms with van der Waals surface area (Å²) in [6.45, 7) is 5.09. The Balaban J connectivity index is 1.64. The number of nitrogens with zero attached hydrogens (tertiary/aromatic N) is 3. The summed E-state index contributed by atoms with van der Waals surface area (Å²) < 4.78 is 2.21. The van der Waals surface area contributed by atoms with Crippen LogP contribution in [-0.2, 0) is 13.1 Å². The Bertz CT molecular complexity index is 1110. The molecule has 3 aromatic carbocycles. The summed E-state index contributed by atoms with van der Waals surface area (Å²) in [4.78, 5) is 2.50. The standard InChI is InChI=1S/C26H25N3/c1-20-25(24-16-9-8-15-23(24)22-13-6-3-7-14-22)26-28(17-10-18-29(26)27-20)19-21-11-4-2-5-12-21/h2-9,11-16H,10,17-19H2,1H3. The van der Waals surface area contributed by atoms with Crippen molar-refractivity contribution in [1.29, 1.82) is 0 Å². The Hall–Kier alpha value is -3.33. The van der Waals surface area contributed by atoms with Crippen LogP contribution in [0, 0.1) is 6.92 Å². The van der Waals surface area contributed by atoms with Crippen LogP contribution in [0.2, 0.25) is 0 Å². The first-order valence-corrected chi connectivity index (χ1v) is 10.3. The number of fused-ring (bicyclic) bond motifs is 1. The van der Waals surface area contributed by atoms with Crippen LogP contribution in [0.5, 0.6) is 0 Å². The Labute approximate surface area is 172 Å². The predicted octanol–water partition coefficient (Wildman–Crippen LogP) is 5.94. The molecule has 1 aliphatic heterocycles. The van der Waals surface area contributed by atoms with E-state index in [0.717, 1.165) is 31.7 Å². The van der Waals surface area contributed by atoms with E-state index in [0.29, 0.717) is 0 Å². The Morgan fingerprint density at radius 2 is 1.41 bits per heavy atom. The third kappa shape index (κ3) is 3.33. The van der Waals surface area contributed by atoms with Gasteiger partial charge in [-0.3, -0.25) is 0 Å². The minimum Gasteiger partial charge on any atom is -0.352 e. The number of anilines is 1. The van der Waals surface area contributed by atoms with Gasteiger partial charge in [0.15, 0.2) is 0 Å². The Kier molecular flexibility index (Phi) is 4.65. The van der Waals surface area contributed by atoms with Gasteiger partial charge in [0.2, 0.25) is 0 Å². The number of rotatable bonds is 4. The van der Waals surface area contributed by atoms with Gasteiger partial charge >= 0.3 is 0 Å². The molecule has 29 heavy (non-hydrogen) atoms. The van der Waals surface area contributed by atoms with E-state index in [4.69, 9.17) is 5.10 Å². The van der Waals surface area contributed by atoms with E-state index < -0.39 is 0 Å². The van der Waals surface area contributed by atoms with Gasteiger partial charge in [-0.15, -0.1) is 0 Å². The van der Waals surface area contributed by atoms with E-state index in [9.17, 15) is 0 Å². The first kappa shape index (κ1) is 17.7. The van der Waals surface area contributed by atoms with E-state index in [-0.39, 0.29) is 0 Å². The second-order valence-electron chi connectivity index (χ2n) is 7.68. The van der Waals surface area contributed by atoms with Gasteiger partial charge in [-0.05, 0) is 35.6 Å². The summed E-state index contributed by atoms with van der Waals surface area (Å²) >= 11 is 0. The maximum atomic E-state index is 4.93. The smallest absolute Gasteiger partial charge is 0.135 e. The molecule has 2 heterocycles. The molecule has 0 atom stereocenters. The van der Waals surface area contributed by atoms with Crippen LogP contribution in [-0.4, -0.2) is 16.3 Å². The molecule has 0 saturated carbocycles. The number of hydrogen-bond donors (Lipinski definition) is 0. The minimum absolute atomic E-state index is 0.909. The average Bonchev–Trinajstić information content (AvgIpc) is 3.12.